The van der Waals surface area contributed by atoms with Crippen molar-refractivity contribution < 1.29 is 9.25 Å². The Labute approximate surface area is 146 Å². The first-order valence-electron chi connectivity index (χ1n) is 7.04. The van der Waals surface area contributed by atoms with Gasteiger partial charge in [-0.15, -0.1) is 5.10 Å². The van der Waals surface area contributed by atoms with E-state index in [2.05, 4.69) is 15.3 Å². The molecule has 4 aromatic rings. The fourth-order valence-corrected chi connectivity index (χ4v) is 2.59. The van der Waals surface area contributed by atoms with E-state index in [0.29, 0.717) is 32.7 Å². The lowest BCUT2D eigenvalue weighted by molar-refractivity contribution is 0.0619. The van der Waals surface area contributed by atoms with Crippen molar-refractivity contribution in [2.45, 2.75) is 6.61 Å². The molecule has 0 saturated heterocycles. The molecule has 0 amide bonds. The highest BCUT2D eigenvalue weighted by Crippen LogP contribution is 2.23. The van der Waals surface area contributed by atoms with Gasteiger partial charge in [0, 0.05) is 15.6 Å². The van der Waals surface area contributed by atoms with Crippen LogP contribution in [0, 0.1) is 0 Å². The molecule has 120 valence electrons. The maximum Gasteiger partial charge on any atom is 0.235 e. The number of aromatic nitrogens is 4. The van der Waals surface area contributed by atoms with Gasteiger partial charge in [0.25, 0.3) is 0 Å². The van der Waals surface area contributed by atoms with Gasteiger partial charge in [-0.25, -0.2) is 4.98 Å². The van der Waals surface area contributed by atoms with Crippen LogP contribution >= 0.6 is 23.2 Å². The third-order valence-electron chi connectivity index (χ3n) is 3.35. The van der Waals surface area contributed by atoms with Gasteiger partial charge in [0.2, 0.25) is 5.89 Å². The summed E-state index contributed by atoms with van der Waals surface area (Å²) in [5.41, 5.74) is 2.20. The molecule has 8 heteroatoms. The van der Waals surface area contributed by atoms with Gasteiger partial charge >= 0.3 is 0 Å². The smallest absolute Gasteiger partial charge is 0.235 e. The van der Waals surface area contributed by atoms with E-state index in [-0.39, 0.29) is 6.61 Å². The predicted octanol–water partition coefficient (Wildman–Crippen LogP) is 4.02. The van der Waals surface area contributed by atoms with Crippen LogP contribution in [0.5, 0.6) is 0 Å². The molecule has 24 heavy (non-hydrogen) atoms. The Morgan fingerprint density at radius 3 is 2.83 bits per heavy atom. The summed E-state index contributed by atoms with van der Waals surface area (Å²) in [7, 11) is 0. The molecule has 0 atom stereocenters. The van der Waals surface area contributed by atoms with Crippen LogP contribution in [0.4, 0.5) is 0 Å². The molecule has 0 radical (unpaired) electrons. The van der Waals surface area contributed by atoms with Crippen molar-refractivity contribution in [1.82, 2.24) is 20.1 Å². The second-order valence-corrected chi connectivity index (χ2v) is 5.87. The Hall–Kier alpha value is -2.57. The van der Waals surface area contributed by atoms with Crippen LogP contribution in [0.2, 0.25) is 10.0 Å². The minimum Gasteiger partial charge on any atom is -0.437 e. The van der Waals surface area contributed by atoms with Crippen LogP contribution in [0.3, 0.4) is 0 Å². The number of rotatable bonds is 4. The van der Waals surface area contributed by atoms with E-state index in [4.69, 9.17) is 32.5 Å². The molecule has 0 aliphatic carbocycles. The topological polar surface area (TPSA) is 66.0 Å². The molecule has 0 bridgehead atoms. The van der Waals surface area contributed by atoms with E-state index in [0.717, 1.165) is 5.56 Å². The highest BCUT2D eigenvalue weighted by molar-refractivity contribution is 6.31. The maximum atomic E-state index is 5.98. The Balaban J connectivity index is 1.53. The zero-order valence-corrected chi connectivity index (χ0v) is 13.7. The van der Waals surface area contributed by atoms with Gasteiger partial charge in [0.15, 0.2) is 12.4 Å². The summed E-state index contributed by atoms with van der Waals surface area (Å²) in [5, 5.41) is 9.14. The van der Waals surface area contributed by atoms with Crippen LogP contribution in [-0.4, -0.2) is 20.1 Å². The summed E-state index contributed by atoms with van der Waals surface area (Å²) < 4.78 is 5.68. The molecule has 0 aliphatic heterocycles. The van der Waals surface area contributed by atoms with Crippen LogP contribution in [0.25, 0.3) is 22.4 Å². The fourth-order valence-electron chi connectivity index (χ4n) is 2.24. The van der Waals surface area contributed by atoms with Crippen molar-refractivity contribution in [3.63, 3.8) is 0 Å². The van der Waals surface area contributed by atoms with Crippen molar-refractivity contribution in [2.24, 2.45) is 0 Å². The number of oxazole rings is 1. The molecule has 0 unspecified atom stereocenters. The Morgan fingerprint density at radius 1 is 1.08 bits per heavy atom. The van der Waals surface area contributed by atoms with Gasteiger partial charge in [-0.1, -0.05) is 40.2 Å². The number of halogens is 2. The van der Waals surface area contributed by atoms with Crippen LogP contribution < -0.4 is 4.84 Å². The monoisotopic (exact) mass is 360 g/mol. The van der Waals surface area contributed by atoms with E-state index in [1.54, 1.807) is 36.5 Å². The number of nitrogens with zero attached hydrogens (tertiary/aromatic N) is 4. The normalized spacial score (nSPS) is 11.1. The van der Waals surface area contributed by atoms with E-state index in [1.807, 2.05) is 12.1 Å². The maximum absolute atomic E-state index is 5.98. The molecule has 0 aliphatic rings. The van der Waals surface area contributed by atoms with Crippen LogP contribution in [-0.2, 0) is 6.61 Å². The number of hydrogen-bond donors (Lipinski definition) is 0. The largest absolute Gasteiger partial charge is 0.437 e. The first-order valence-corrected chi connectivity index (χ1v) is 7.79. The van der Waals surface area contributed by atoms with Crippen molar-refractivity contribution >= 4 is 34.2 Å². The molecule has 0 N–H and O–H groups in total. The third-order valence-corrected chi connectivity index (χ3v) is 3.82. The Morgan fingerprint density at radius 2 is 1.96 bits per heavy atom. The van der Waals surface area contributed by atoms with Gasteiger partial charge in [-0.05, 0) is 35.5 Å². The average molecular weight is 361 g/mol. The zero-order chi connectivity index (χ0) is 16.5. The standard InChI is InChI=1S/C16H10Cl2N4O2/c17-11-3-1-2-10(6-11)15-8-19-16(24-15)9-23-22-14-7-12(18)4-5-13(14)20-21-22/h1-8H,9H2. The first-order chi connectivity index (χ1) is 11.7. The molecule has 0 spiro atoms. The minimum atomic E-state index is 0.103. The summed E-state index contributed by atoms with van der Waals surface area (Å²) in [6.45, 7) is 0.103. The molecule has 0 saturated carbocycles. The van der Waals surface area contributed by atoms with Gasteiger partial charge < -0.3 is 9.25 Å². The second-order valence-electron chi connectivity index (χ2n) is 5.00. The van der Waals surface area contributed by atoms with Crippen LogP contribution in [0.15, 0.2) is 53.1 Å². The minimum absolute atomic E-state index is 0.103. The number of benzene rings is 2. The van der Waals surface area contributed by atoms with Crippen molar-refractivity contribution in [3.8, 4) is 11.3 Å². The van der Waals surface area contributed by atoms with Crippen molar-refractivity contribution in [2.75, 3.05) is 0 Å². The summed E-state index contributed by atoms with van der Waals surface area (Å²) in [6, 6.07) is 12.6. The SMILES string of the molecule is Clc1cccc(-c2cnc(COn3nnc4ccc(Cl)cc43)o2)c1. The quantitative estimate of drug-likeness (QED) is 0.549. The van der Waals surface area contributed by atoms with Crippen molar-refractivity contribution in [3.05, 3.63) is 64.6 Å². The zero-order valence-electron chi connectivity index (χ0n) is 12.2. The summed E-state index contributed by atoms with van der Waals surface area (Å²) >= 11 is 12.0. The lowest BCUT2D eigenvalue weighted by atomic mass is 10.2. The molecule has 0 fully saturated rings. The van der Waals surface area contributed by atoms with Crippen molar-refractivity contribution in [1.29, 1.82) is 0 Å². The first kappa shape index (κ1) is 15.0. The second kappa shape index (κ2) is 6.14. The summed E-state index contributed by atoms with van der Waals surface area (Å²) in [4.78, 5) is 11.1. The predicted molar refractivity (Wildman–Crippen MR) is 89.8 cm³/mol. The molecular weight excluding hydrogens is 351 g/mol. The lowest BCUT2D eigenvalue weighted by Crippen LogP contribution is -2.12. The molecule has 4 rings (SSSR count). The fraction of sp³-hybridized carbons (Fsp3) is 0.0625. The highest BCUT2D eigenvalue weighted by Gasteiger charge is 2.10. The van der Waals surface area contributed by atoms with E-state index < -0.39 is 0 Å². The lowest BCUT2D eigenvalue weighted by Gasteiger charge is -2.02. The number of hydrogen-bond acceptors (Lipinski definition) is 5. The van der Waals surface area contributed by atoms with Crippen LogP contribution in [0.1, 0.15) is 5.89 Å². The van der Waals surface area contributed by atoms with Gasteiger partial charge in [0.1, 0.15) is 11.0 Å². The molecule has 6 nitrogen and oxygen atoms in total. The van der Waals surface area contributed by atoms with Gasteiger partial charge in [0.05, 0.1) is 6.20 Å². The van der Waals surface area contributed by atoms with Gasteiger partial charge in [-0.3, -0.25) is 0 Å². The molecule has 2 aromatic heterocycles. The van der Waals surface area contributed by atoms with E-state index in [9.17, 15) is 0 Å². The summed E-state index contributed by atoms with van der Waals surface area (Å²) in [6.07, 6.45) is 1.63. The van der Waals surface area contributed by atoms with E-state index in [1.165, 1.54) is 4.85 Å². The average Bonchev–Trinajstić information content (AvgIpc) is 3.19. The van der Waals surface area contributed by atoms with E-state index >= 15 is 0 Å². The molecular formula is C16H10Cl2N4O2. The molecule has 2 heterocycles. The Kier molecular flexibility index (Phi) is 3.84. The number of fused-ring (bicyclic) bond motifs is 1. The highest BCUT2D eigenvalue weighted by atomic mass is 35.5. The Bertz CT molecular complexity index is 1010. The summed E-state index contributed by atoms with van der Waals surface area (Å²) in [5.74, 6) is 1.03. The van der Waals surface area contributed by atoms with Gasteiger partial charge in [-0.2, -0.15) is 0 Å². The third kappa shape index (κ3) is 2.93. The molecule has 2 aromatic carbocycles.